The third kappa shape index (κ3) is 6.47. The highest BCUT2D eigenvalue weighted by atomic mass is 16.5. The Balaban J connectivity index is 1.16. The van der Waals surface area contributed by atoms with Crippen LogP contribution in [0.15, 0.2) is 97.1 Å². The fraction of sp³-hybridized carbons (Fsp3) is 0.263. The molecule has 2 aliphatic rings. The summed E-state index contributed by atoms with van der Waals surface area (Å²) in [7, 11) is 1.31. The normalized spacial score (nSPS) is 16.5. The molecule has 9 heteroatoms. The summed E-state index contributed by atoms with van der Waals surface area (Å²) in [6.45, 7) is 0.491. The number of hydrogen-bond donors (Lipinski definition) is 1. The zero-order chi connectivity index (χ0) is 32.9. The van der Waals surface area contributed by atoms with Crippen molar-refractivity contribution in [3.8, 4) is 16.9 Å². The first-order valence-electron chi connectivity index (χ1n) is 15.6. The zero-order valence-corrected chi connectivity index (χ0v) is 26.0. The van der Waals surface area contributed by atoms with E-state index in [1.807, 2.05) is 24.3 Å². The molecule has 47 heavy (non-hydrogen) atoms. The molecule has 1 amide bonds. The van der Waals surface area contributed by atoms with Crippen LogP contribution < -0.4 is 4.74 Å². The van der Waals surface area contributed by atoms with Crippen molar-refractivity contribution in [2.24, 2.45) is 0 Å². The predicted octanol–water partition coefficient (Wildman–Crippen LogP) is 6.13. The van der Waals surface area contributed by atoms with Gasteiger partial charge in [-0.15, -0.1) is 0 Å². The van der Waals surface area contributed by atoms with E-state index in [1.54, 1.807) is 53.4 Å². The largest absolute Gasteiger partial charge is 0.493 e. The van der Waals surface area contributed by atoms with Crippen LogP contribution in [-0.4, -0.2) is 60.7 Å². The Morgan fingerprint density at radius 3 is 1.96 bits per heavy atom. The van der Waals surface area contributed by atoms with Gasteiger partial charge in [-0.2, -0.15) is 0 Å². The average molecular weight is 634 g/mol. The average Bonchev–Trinajstić information content (AvgIpc) is 3.41. The van der Waals surface area contributed by atoms with Crippen LogP contribution in [-0.2, 0) is 23.9 Å². The highest BCUT2D eigenvalue weighted by Crippen LogP contribution is 2.45. The molecule has 240 valence electrons. The molecular formula is C38H35NO8. The van der Waals surface area contributed by atoms with E-state index >= 15 is 0 Å². The summed E-state index contributed by atoms with van der Waals surface area (Å²) in [6, 6.07) is 29.0. The van der Waals surface area contributed by atoms with Gasteiger partial charge in [0, 0.05) is 24.4 Å². The number of fused-ring (bicyclic) bond motifs is 4. The third-order valence-corrected chi connectivity index (χ3v) is 8.88. The van der Waals surface area contributed by atoms with Gasteiger partial charge in [-0.1, -0.05) is 78.9 Å². The van der Waals surface area contributed by atoms with Crippen LogP contribution in [0, 0.1) is 0 Å². The predicted molar refractivity (Wildman–Crippen MR) is 173 cm³/mol. The topological polar surface area (TPSA) is 119 Å². The first-order valence-corrected chi connectivity index (χ1v) is 15.6. The number of esters is 2. The van der Waals surface area contributed by atoms with Gasteiger partial charge < -0.3 is 24.2 Å². The standard InChI is InChI=1S/C38H35NO8/c1-45-33(40)20-22-46-25-18-16-24(17-19-25)36-35(38(43)44)30-13-6-7-14-31(30)37(42)39(36)21-8-15-34(41)47-23-32-28-11-4-2-9-26(28)27-10-3-5-12-29(27)32/h2-7,9-14,16-19,32,35-36H,8,15,20-23H2,1H3,(H,43,44)/t35-,36+/m1/s1. The Bertz CT molecular complexity index is 1750. The minimum Gasteiger partial charge on any atom is -0.493 e. The summed E-state index contributed by atoms with van der Waals surface area (Å²) in [5.41, 5.74) is 5.94. The van der Waals surface area contributed by atoms with Crippen LogP contribution >= 0.6 is 0 Å². The molecule has 2 atom stereocenters. The number of hydrogen-bond acceptors (Lipinski definition) is 7. The van der Waals surface area contributed by atoms with E-state index in [9.17, 15) is 24.3 Å². The fourth-order valence-corrected chi connectivity index (χ4v) is 6.67. The van der Waals surface area contributed by atoms with Crippen molar-refractivity contribution in [3.63, 3.8) is 0 Å². The van der Waals surface area contributed by atoms with Crippen LogP contribution in [0.2, 0.25) is 0 Å². The van der Waals surface area contributed by atoms with E-state index in [4.69, 9.17) is 9.47 Å². The molecule has 0 fully saturated rings. The second-order valence-electron chi connectivity index (χ2n) is 11.6. The number of methoxy groups -OCH3 is 1. The monoisotopic (exact) mass is 633 g/mol. The van der Waals surface area contributed by atoms with Crippen molar-refractivity contribution < 1.29 is 38.5 Å². The van der Waals surface area contributed by atoms with Gasteiger partial charge in [0.25, 0.3) is 5.91 Å². The van der Waals surface area contributed by atoms with E-state index in [1.165, 1.54) is 7.11 Å². The number of carboxylic acid groups (broad SMARTS) is 1. The number of nitrogens with zero attached hydrogens (tertiary/aromatic N) is 1. The van der Waals surface area contributed by atoms with Gasteiger partial charge in [0.05, 0.1) is 26.2 Å². The number of benzene rings is 4. The second-order valence-corrected chi connectivity index (χ2v) is 11.6. The molecule has 0 radical (unpaired) electrons. The van der Waals surface area contributed by atoms with E-state index in [-0.39, 0.29) is 56.4 Å². The lowest BCUT2D eigenvalue weighted by atomic mass is 9.79. The first kappa shape index (κ1) is 31.5. The third-order valence-electron chi connectivity index (χ3n) is 8.88. The van der Waals surface area contributed by atoms with Crippen LogP contribution in [0.5, 0.6) is 5.75 Å². The van der Waals surface area contributed by atoms with Crippen molar-refractivity contribution in [1.82, 2.24) is 4.90 Å². The zero-order valence-electron chi connectivity index (χ0n) is 26.0. The highest BCUT2D eigenvalue weighted by Gasteiger charge is 2.44. The molecule has 6 rings (SSSR count). The van der Waals surface area contributed by atoms with E-state index in [2.05, 4.69) is 29.0 Å². The van der Waals surface area contributed by atoms with Gasteiger partial charge in [0.1, 0.15) is 18.3 Å². The molecule has 1 aliphatic heterocycles. The van der Waals surface area contributed by atoms with Crippen LogP contribution in [0.1, 0.15) is 69.8 Å². The fourth-order valence-electron chi connectivity index (χ4n) is 6.67. The molecule has 0 spiro atoms. The summed E-state index contributed by atoms with van der Waals surface area (Å²) < 4.78 is 16.1. The van der Waals surface area contributed by atoms with E-state index in [0.29, 0.717) is 28.9 Å². The maximum Gasteiger partial charge on any atom is 0.313 e. The summed E-state index contributed by atoms with van der Waals surface area (Å²) in [5.74, 6) is -2.71. The number of carbonyl (C=O) groups excluding carboxylic acids is 3. The van der Waals surface area contributed by atoms with Gasteiger partial charge in [0.15, 0.2) is 0 Å². The molecule has 0 bridgehead atoms. The quantitative estimate of drug-likeness (QED) is 0.185. The SMILES string of the molecule is COC(=O)CCOc1ccc([C@H]2[C@H](C(=O)O)c3ccccc3C(=O)N2CCCC(=O)OCC2c3ccccc3-c3ccccc32)cc1. The van der Waals surface area contributed by atoms with E-state index < -0.39 is 17.9 Å². The lowest BCUT2D eigenvalue weighted by Crippen LogP contribution is -2.45. The molecule has 4 aromatic carbocycles. The number of aliphatic carboxylic acids is 1. The summed E-state index contributed by atoms with van der Waals surface area (Å²) in [6.07, 6.45) is 0.450. The maximum atomic E-state index is 13.8. The minimum atomic E-state index is -1.06. The molecule has 4 aromatic rings. The molecule has 1 aliphatic carbocycles. The van der Waals surface area contributed by atoms with Gasteiger partial charge >= 0.3 is 17.9 Å². The second kappa shape index (κ2) is 13.9. The van der Waals surface area contributed by atoms with E-state index in [0.717, 1.165) is 22.3 Å². The van der Waals surface area contributed by atoms with Crippen molar-refractivity contribution in [3.05, 3.63) is 125 Å². The van der Waals surface area contributed by atoms with Crippen molar-refractivity contribution >= 4 is 23.8 Å². The smallest absolute Gasteiger partial charge is 0.313 e. The van der Waals surface area contributed by atoms with Gasteiger partial charge in [-0.3, -0.25) is 19.2 Å². The molecule has 1 heterocycles. The Kier molecular flexibility index (Phi) is 9.33. The maximum absolute atomic E-state index is 13.8. The lowest BCUT2D eigenvalue weighted by molar-refractivity contribution is -0.144. The summed E-state index contributed by atoms with van der Waals surface area (Å²) in [4.78, 5) is 52.5. The number of ether oxygens (including phenoxy) is 3. The Morgan fingerprint density at radius 2 is 1.34 bits per heavy atom. The number of carbonyl (C=O) groups is 4. The van der Waals surface area contributed by atoms with Crippen LogP contribution in [0.3, 0.4) is 0 Å². The number of rotatable bonds is 12. The molecule has 0 saturated heterocycles. The molecule has 0 unspecified atom stereocenters. The molecule has 1 N–H and O–H groups in total. The first-order chi connectivity index (χ1) is 22.9. The van der Waals surface area contributed by atoms with Gasteiger partial charge in [-0.05, 0) is 58.0 Å². The van der Waals surface area contributed by atoms with Crippen LogP contribution in [0.25, 0.3) is 11.1 Å². The summed E-state index contributed by atoms with van der Waals surface area (Å²) in [5, 5.41) is 10.4. The molecule has 9 nitrogen and oxygen atoms in total. The van der Waals surface area contributed by atoms with Crippen molar-refractivity contribution in [2.75, 3.05) is 26.9 Å². The Labute approximate surface area is 272 Å². The van der Waals surface area contributed by atoms with Gasteiger partial charge in [-0.25, -0.2) is 0 Å². The minimum absolute atomic E-state index is 0.0559. The summed E-state index contributed by atoms with van der Waals surface area (Å²) >= 11 is 0. The van der Waals surface area contributed by atoms with Crippen LogP contribution in [0.4, 0.5) is 0 Å². The molecular weight excluding hydrogens is 598 g/mol. The number of amides is 1. The Morgan fingerprint density at radius 1 is 0.745 bits per heavy atom. The Hall–Kier alpha value is -5.44. The van der Waals surface area contributed by atoms with Crippen molar-refractivity contribution in [2.45, 2.75) is 37.1 Å². The molecule has 0 saturated carbocycles. The highest BCUT2D eigenvalue weighted by molar-refractivity contribution is 6.00. The number of carboxylic acids is 1. The lowest BCUT2D eigenvalue weighted by Gasteiger charge is -2.41. The van der Waals surface area contributed by atoms with Crippen molar-refractivity contribution in [1.29, 1.82) is 0 Å². The van der Waals surface area contributed by atoms with Gasteiger partial charge in [0.2, 0.25) is 0 Å². The molecule has 0 aromatic heterocycles.